The lowest BCUT2D eigenvalue weighted by molar-refractivity contribution is 0.0375. The number of nitrogens with zero attached hydrogens (tertiary/aromatic N) is 2. The minimum atomic E-state index is -0.0934. The predicted octanol–water partition coefficient (Wildman–Crippen LogP) is 2.50. The van der Waals surface area contributed by atoms with E-state index in [2.05, 4.69) is 20.1 Å². The Hall–Kier alpha value is -2.20. The van der Waals surface area contributed by atoms with Gasteiger partial charge in [0, 0.05) is 49.3 Å². The lowest BCUT2D eigenvalue weighted by Gasteiger charge is -2.29. The van der Waals surface area contributed by atoms with Gasteiger partial charge in [-0.3, -0.25) is 9.69 Å². The largest absolute Gasteiger partial charge is 0.494 e. The summed E-state index contributed by atoms with van der Waals surface area (Å²) in [5, 5.41) is 5.02. The smallest absolute Gasteiger partial charge is 0.253 e. The maximum Gasteiger partial charge on any atom is 0.253 e. The highest BCUT2D eigenvalue weighted by molar-refractivity contribution is 7.80. The summed E-state index contributed by atoms with van der Waals surface area (Å²) in [6.45, 7) is 9.88. The lowest BCUT2D eigenvalue weighted by atomic mass is 10.1. The van der Waals surface area contributed by atoms with Crippen molar-refractivity contribution in [1.29, 1.82) is 0 Å². The van der Waals surface area contributed by atoms with Crippen LogP contribution in [-0.2, 0) is 16.0 Å². The number of morpholine rings is 1. The number of rotatable bonds is 10. The molecule has 0 aliphatic carbocycles. The number of aromatic nitrogens is 1. The summed E-state index contributed by atoms with van der Waals surface area (Å²) in [5.41, 5.74) is 1.38. The van der Waals surface area contributed by atoms with Gasteiger partial charge >= 0.3 is 0 Å². The average molecular weight is 489 g/mol. The van der Waals surface area contributed by atoms with Gasteiger partial charge in [0.1, 0.15) is 5.75 Å². The minimum absolute atomic E-state index is 0.0934. The van der Waals surface area contributed by atoms with Crippen LogP contribution < -0.4 is 15.6 Å². The molecular formula is C25H36N4O4S. The molecule has 186 valence electrons. The number of H-pyrrole nitrogens is 1. The van der Waals surface area contributed by atoms with Gasteiger partial charge in [-0.05, 0) is 69.2 Å². The maximum atomic E-state index is 12.9. The third-order valence-electron chi connectivity index (χ3n) is 6.33. The number of ether oxygens (including phenoxy) is 3. The van der Waals surface area contributed by atoms with E-state index in [1.165, 1.54) is 0 Å². The van der Waals surface area contributed by atoms with Gasteiger partial charge in [-0.1, -0.05) is 0 Å². The number of aromatic amines is 1. The number of benzene rings is 1. The first-order valence-electron chi connectivity index (χ1n) is 12.4. The third kappa shape index (κ3) is 6.91. The molecule has 2 saturated heterocycles. The summed E-state index contributed by atoms with van der Waals surface area (Å²) in [4.78, 5) is 20.3. The quantitative estimate of drug-likeness (QED) is 0.390. The van der Waals surface area contributed by atoms with Gasteiger partial charge in [-0.25, -0.2) is 0 Å². The van der Waals surface area contributed by atoms with Crippen LogP contribution in [-0.4, -0.2) is 85.2 Å². The summed E-state index contributed by atoms with van der Waals surface area (Å²) in [7, 11) is 0. The van der Waals surface area contributed by atoms with Crippen molar-refractivity contribution in [2.75, 3.05) is 59.2 Å². The Morgan fingerprint density at radius 2 is 2.15 bits per heavy atom. The highest BCUT2D eigenvalue weighted by Crippen LogP contribution is 2.20. The van der Waals surface area contributed by atoms with Crippen molar-refractivity contribution in [2.45, 2.75) is 38.8 Å². The Labute approximate surface area is 206 Å². The van der Waals surface area contributed by atoms with Crippen molar-refractivity contribution in [3.05, 3.63) is 40.2 Å². The fourth-order valence-electron chi connectivity index (χ4n) is 4.50. The minimum Gasteiger partial charge on any atom is -0.494 e. The summed E-state index contributed by atoms with van der Waals surface area (Å²) < 4.78 is 16.9. The highest BCUT2D eigenvalue weighted by atomic mass is 32.1. The Kier molecular flexibility index (Phi) is 9.15. The van der Waals surface area contributed by atoms with Gasteiger partial charge in [0.25, 0.3) is 5.56 Å². The van der Waals surface area contributed by atoms with E-state index >= 15 is 0 Å². The molecule has 4 rings (SSSR count). The Morgan fingerprint density at radius 1 is 1.29 bits per heavy atom. The summed E-state index contributed by atoms with van der Waals surface area (Å²) in [6.07, 6.45) is 3.22. The molecule has 0 spiro atoms. The molecule has 1 atom stereocenters. The second kappa shape index (κ2) is 12.5. The normalized spacial score (nSPS) is 18.8. The van der Waals surface area contributed by atoms with E-state index in [1.807, 2.05) is 31.2 Å². The van der Waals surface area contributed by atoms with Crippen LogP contribution >= 0.6 is 12.2 Å². The standard InChI is InChI=1S/C25H36N4O4S/c1-2-32-21-6-7-23-19(16-21)15-20(24(30)27-23)17-29(18-22-5-3-12-33-22)25(34)26-8-4-9-28-10-13-31-14-11-28/h6-7,15-16,22H,2-5,8-14,17-18H2,1H3,(H,26,34)(H,27,30)/t22-/m1/s1. The van der Waals surface area contributed by atoms with Crippen molar-refractivity contribution in [1.82, 2.24) is 20.1 Å². The van der Waals surface area contributed by atoms with Crippen LogP contribution in [0.15, 0.2) is 29.1 Å². The van der Waals surface area contributed by atoms with Crippen molar-refractivity contribution in [2.24, 2.45) is 0 Å². The number of hydrogen-bond donors (Lipinski definition) is 2. The van der Waals surface area contributed by atoms with Crippen molar-refractivity contribution in [3.63, 3.8) is 0 Å². The number of fused-ring (bicyclic) bond motifs is 1. The van der Waals surface area contributed by atoms with Crippen LogP contribution in [0, 0.1) is 0 Å². The van der Waals surface area contributed by atoms with E-state index in [1.54, 1.807) is 0 Å². The van der Waals surface area contributed by atoms with Gasteiger partial charge in [0.15, 0.2) is 5.11 Å². The highest BCUT2D eigenvalue weighted by Gasteiger charge is 2.22. The molecule has 34 heavy (non-hydrogen) atoms. The van der Waals surface area contributed by atoms with Crippen LogP contribution in [0.4, 0.5) is 0 Å². The number of pyridine rings is 1. The fraction of sp³-hybridized carbons (Fsp3) is 0.600. The summed E-state index contributed by atoms with van der Waals surface area (Å²) >= 11 is 5.77. The zero-order valence-corrected chi connectivity index (χ0v) is 20.8. The topological polar surface area (TPSA) is 79.1 Å². The van der Waals surface area contributed by atoms with Crippen molar-refractivity contribution >= 4 is 28.2 Å². The Bertz CT molecular complexity index is 1000. The van der Waals surface area contributed by atoms with Gasteiger partial charge < -0.3 is 29.4 Å². The van der Waals surface area contributed by atoms with E-state index in [4.69, 9.17) is 26.4 Å². The van der Waals surface area contributed by atoms with Gasteiger partial charge in [-0.2, -0.15) is 0 Å². The van der Waals surface area contributed by atoms with Gasteiger partial charge in [0.05, 0.1) is 32.5 Å². The molecule has 0 unspecified atom stereocenters. The summed E-state index contributed by atoms with van der Waals surface area (Å²) in [6, 6.07) is 7.67. The average Bonchev–Trinajstić information content (AvgIpc) is 3.36. The Balaban J connectivity index is 1.42. The molecule has 8 nitrogen and oxygen atoms in total. The third-order valence-corrected chi connectivity index (χ3v) is 6.73. The van der Waals surface area contributed by atoms with Gasteiger partial charge in [0.2, 0.25) is 0 Å². The first kappa shape index (κ1) is 24.9. The number of nitrogens with one attached hydrogen (secondary N) is 2. The first-order chi connectivity index (χ1) is 16.6. The maximum absolute atomic E-state index is 12.9. The molecule has 3 heterocycles. The van der Waals surface area contributed by atoms with Crippen LogP contribution in [0.2, 0.25) is 0 Å². The molecule has 0 amide bonds. The molecule has 0 bridgehead atoms. The first-order valence-corrected chi connectivity index (χ1v) is 12.8. The van der Waals surface area contributed by atoms with E-state index in [0.717, 1.165) is 81.9 Å². The second-order valence-corrected chi connectivity index (χ2v) is 9.25. The van der Waals surface area contributed by atoms with Crippen LogP contribution in [0.25, 0.3) is 10.9 Å². The molecule has 2 aliphatic rings. The van der Waals surface area contributed by atoms with Crippen LogP contribution in [0.1, 0.15) is 31.7 Å². The van der Waals surface area contributed by atoms with E-state index in [9.17, 15) is 4.79 Å². The molecule has 0 saturated carbocycles. The molecule has 9 heteroatoms. The molecule has 1 aromatic heterocycles. The van der Waals surface area contributed by atoms with Gasteiger partial charge in [-0.15, -0.1) is 0 Å². The molecule has 2 aliphatic heterocycles. The Morgan fingerprint density at radius 3 is 2.91 bits per heavy atom. The SMILES string of the molecule is CCOc1ccc2[nH]c(=O)c(CN(C[C@H]3CCCO3)C(=S)NCCCN3CCOCC3)cc2c1. The summed E-state index contributed by atoms with van der Waals surface area (Å²) in [5.74, 6) is 0.793. The molecule has 1 aromatic carbocycles. The second-order valence-electron chi connectivity index (χ2n) is 8.86. The van der Waals surface area contributed by atoms with Crippen molar-refractivity contribution < 1.29 is 14.2 Å². The number of hydrogen-bond acceptors (Lipinski definition) is 6. The molecule has 2 N–H and O–H groups in total. The molecule has 2 aromatic rings. The fourth-order valence-corrected chi connectivity index (χ4v) is 4.74. The van der Waals surface area contributed by atoms with Crippen LogP contribution in [0.5, 0.6) is 5.75 Å². The predicted molar refractivity (Wildman–Crippen MR) is 138 cm³/mol. The lowest BCUT2D eigenvalue weighted by Crippen LogP contribution is -2.45. The van der Waals surface area contributed by atoms with Crippen LogP contribution in [0.3, 0.4) is 0 Å². The zero-order valence-electron chi connectivity index (χ0n) is 20.0. The van der Waals surface area contributed by atoms with Crippen molar-refractivity contribution in [3.8, 4) is 5.75 Å². The number of thiocarbonyl (C=S) groups is 1. The molecular weight excluding hydrogens is 452 g/mol. The molecule has 2 fully saturated rings. The zero-order chi connectivity index (χ0) is 23.8. The van der Waals surface area contributed by atoms with E-state index < -0.39 is 0 Å². The molecule has 0 radical (unpaired) electrons. The monoisotopic (exact) mass is 488 g/mol. The van der Waals surface area contributed by atoms with E-state index in [0.29, 0.717) is 30.4 Å². The van der Waals surface area contributed by atoms with E-state index in [-0.39, 0.29) is 11.7 Å².